The maximum atomic E-state index is 11.0. The number of fused-ring (bicyclic) bond motifs is 1. The van der Waals surface area contributed by atoms with Gasteiger partial charge in [-0.05, 0) is 31.0 Å². The molecule has 0 fully saturated rings. The number of carbonyl (C=O) groups is 1. The fraction of sp³-hybridized carbons (Fsp3) is 0.462. The molecule has 2 unspecified atom stereocenters. The number of ether oxygens (including phenoxy) is 1. The molecule has 4 heteroatoms. The van der Waals surface area contributed by atoms with Crippen LogP contribution in [0.25, 0.3) is 0 Å². The summed E-state index contributed by atoms with van der Waals surface area (Å²) in [6, 6.07) is 7.84. The van der Waals surface area contributed by atoms with E-state index in [0.29, 0.717) is 19.4 Å². The predicted octanol–water partition coefficient (Wildman–Crippen LogP) is 1.43. The zero-order valence-corrected chi connectivity index (χ0v) is 9.63. The highest BCUT2D eigenvalue weighted by atomic mass is 16.5. The maximum Gasteiger partial charge on any atom is 0.306 e. The van der Waals surface area contributed by atoms with Gasteiger partial charge in [0.25, 0.3) is 0 Å². The fourth-order valence-electron chi connectivity index (χ4n) is 2.25. The van der Waals surface area contributed by atoms with Gasteiger partial charge >= 0.3 is 5.97 Å². The number of hydrogen-bond acceptors (Lipinski definition) is 3. The van der Waals surface area contributed by atoms with Crippen LogP contribution in [0.1, 0.15) is 18.4 Å². The first-order valence-electron chi connectivity index (χ1n) is 5.88. The Morgan fingerprint density at radius 2 is 2.29 bits per heavy atom. The molecule has 1 aliphatic heterocycles. The van der Waals surface area contributed by atoms with E-state index in [1.54, 1.807) is 0 Å². The summed E-state index contributed by atoms with van der Waals surface area (Å²) in [5.41, 5.74) is 6.58. The van der Waals surface area contributed by atoms with Gasteiger partial charge in [0.05, 0.1) is 5.92 Å². The van der Waals surface area contributed by atoms with Crippen molar-refractivity contribution in [2.24, 2.45) is 11.7 Å². The number of hydrogen-bond donors (Lipinski definition) is 2. The maximum absolute atomic E-state index is 11.0. The molecule has 0 saturated heterocycles. The second-order valence-electron chi connectivity index (χ2n) is 4.40. The Labute approximate surface area is 100 Å². The smallest absolute Gasteiger partial charge is 0.306 e. The number of nitrogens with two attached hydrogens (primary N) is 1. The Balaban J connectivity index is 1.96. The normalized spacial score (nSPS) is 19.5. The molecule has 0 radical (unpaired) electrons. The highest BCUT2D eigenvalue weighted by molar-refractivity contribution is 5.70. The van der Waals surface area contributed by atoms with Crippen molar-refractivity contribution in [1.82, 2.24) is 0 Å². The molecule has 0 aliphatic carbocycles. The van der Waals surface area contributed by atoms with E-state index >= 15 is 0 Å². The minimum atomic E-state index is -0.782. The van der Waals surface area contributed by atoms with E-state index in [1.807, 2.05) is 24.3 Å². The van der Waals surface area contributed by atoms with Gasteiger partial charge in [-0.15, -0.1) is 0 Å². The Morgan fingerprint density at radius 1 is 1.53 bits per heavy atom. The Bertz CT molecular complexity index is 380. The molecule has 1 aromatic rings. The van der Waals surface area contributed by atoms with Gasteiger partial charge in [-0.25, -0.2) is 0 Å². The molecule has 17 heavy (non-hydrogen) atoms. The number of para-hydroxylation sites is 1. The lowest BCUT2D eigenvalue weighted by Gasteiger charge is -2.16. The third-order valence-corrected chi connectivity index (χ3v) is 3.13. The topological polar surface area (TPSA) is 72.5 Å². The van der Waals surface area contributed by atoms with E-state index < -0.39 is 11.9 Å². The second kappa shape index (κ2) is 5.19. The summed E-state index contributed by atoms with van der Waals surface area (Å²) in [5, 5.41) is 9.07. The van der Waals surface area contributed by atoms with Crippen LogP contribution in [-0.2, 0) is 11.2 Å². The summed E-state index contributed by atoms with van der Waals surface area (Å²) >= 11 is 0. The van der Waals surface area contributed by atoms with Crippen molar-refractivity contribution in [3.8, 4) is 5.75 Å². The highest BCUT2D eigenvalue weighted by Crippen LogP contribution is 2.31. The van der Waals surface area contributed by atoms with Crippen LogP contribution in [0, 0.1) is 5.92 Å². The number of rotatable bonds is 5. The van der Waals surface area contributed by atoms with Crippen molar-refractivity contribution in [3.05, 3.63) is 29.8 Å². The summed E-state index contributed by atoms with van der Waals surface area (Å²) in [5.74, 6) is -0.302. The Hall–Kier alpha value is -1.55. The van der Waals surface area contributed by atoms with Crippen LogP contribution >= 0.6 is 0 Å². The number of carboxylic acid groups (broad SMARTS) is 1. The van der Waals surface area contributed by atoms with Crippen LogP contribution in [0.2, 0.25) is 0 Å². The molecular formula is C13H17NO3. The SMILES string of the molecule is NCCC(CC1Cc2ccccc2O1)C(=O)O. The molecule has 0 amide bonds. The average molecular weight is 235 g/mol. The van der Waals surface area contributed by atoms with E-state index in [4.69, 9.17) is 15.6 Å². The molecule has 0 spiro atoms. The fourth-order valence-corrected chi connectivity index (χ4v) is 2.25. The molecule has 1 heterocycles. The zero-order valence-electron chi connectivity index (χ0n) is 9.63. The standard InChI is InChI=1S/C13H17NO3/c14-6-5-10(13(15)16)8-11-7-9-3-1-2-4-12(9)17-11/h1-4,10-11H,5-8,14H2,(H,15,16). The monoisotopic (exact) mass is 235 g/mol. The summed E-state index contributed by atoms with van der Waals surface area (Å²) in [6.07, 6.45) is 1.80. The Kier molecular flexibility index (Phi) is 3.64. The molecule has 0 aromatic heterocycles. The quantitative estimate of drug-likeness (QED) is 0.809. The zero-order chi connectivity index (χ0) is 12.3. The lowest BCUT2D eigenvalue weighted by molar-refractivity contribution is -0.142. The van der Waals surface area contributed by atoms with Gasteiger partial charge in [-0.2, -0.15) is 0 Å². The molecule has 3 N–H and O–H groups in total. The highest BCUT2D eigenvalue weighted by Gasteiger charge is 2.28. The molecule has 4 nitrogen and oxygen atoms in total. The van der Waals surface area contributed by atoms with Crippen LogP contribution in [0.15, 0.2) is 24.3 Å². The minimum absolute atomic E-state index is 0.0277. The number of aliphatic carboxylic acids is 1. The first kappa shape index (κ1) is 11.9. The summed E-state index contributed by atoms with van der Waals surface area (Å²) in [6.45, 7) is 0.399. The molecule has 1 aromatic carbocycles. The van der Waals surface area contributed by atoms with Gasteiger partial charge in [0.1, 0.15) is 11.9 Å². The van der Waals surface area contributed by atoms with Crippen LogP contribution in [-0.4, -0.2) is 23.7 Å². The van der Waals surface area contributed by atoms with Gasteiger partial charge in [0, 0.05) is 6.42 Å². The largest absolute Gasteiger partial charge is 0.490 e. The van der Waals surface area contributed by atoms with Crippen molar-refractivity contribution >= 4 is 5.97 Å². The van der Waals surface area contributed by atoms with Crippen molar-refractivity contribution in [2.75, 3.05) is 6.54 Å². The van der Waals surface area contributed by atoms with Gasteiger partial charge in [0.15, 0.2) is 0 Å². The van der Waals surface area contributed by atoms with Gasteiger partial charge in [-0.1, -0.05) is 18.2 Å². The van der Waals surface area contributed by atoms with Gasteiger partial charge in [-0.3, -0.25) is 4.79 Å². The van der Waals surface area contributed by atoms with E-state index in [-0.39, 0.29) is 6.10 Å². The molecule has 2 rings (SSSR count). The first-order chi connectivity index (χ1) is 8.20. The minimum Gasteiger partial charge on any atom is -0.490 e. The van der Waals surface area contributed by atoms with Crippen LogP contribution in [0.4, 0.5) is 0 Å². The Morgan fingerprint density at radius 3 is 2.94 bits per heavy atom. The second-order valence-corrected chi connectivity index (χ2v) is 4.40. The predicted molar refractivity (Wildman–Crippen MR) is 64.0 cm³/mol. The van der Waals surface area contributed by atoms with Crippen LogP contribution in [0.3, 0.4) is 0 Å². The number of carboxylic acids is 1. The van der Waals surface area contributed by atoms with E-state index in [9.17, 15) is 4.79 Å². The van der Waals surface area contributed by atoms with Crippen molar-refractivity contribution in [3.63, 3.8) is 0 Å². The third-order valence-electron chi connectivity index (χ3n) is 3.13. The van der Waals surface area contributed by atoms with E-state index in [2.05, 4.69) is 0 Å². The van der Waals surface area contributed by atoms with Crippen molar-refractivity contribution in [1.29, 1.82) is 0 Å². The van der Waals surface area contributed by atoms with Gasteiger partial charge < -0.3 is 15.6 Å². The van der Waals surface area contributed by atoms with Crippen LogP contribution in [0.5, 0.6) is 5.75 Å². The van der Waals surface area contributed by atoms with E-state index in [1.165, 1.54) is 0 Å². The number of benzene rings is 1. The molecule has 92 valence electrons. The molecule has 1 aliphatic rings. The third kappa shape index (κ3) is 2.77. The van der Waals surface area contributed by atoms with Crippen LogP contribution < -0.4 is 10.5 Å². The molecular weight excluding hydrogens is 218 g/mol. The van der Waals surface area contributed by atoms with Crippen molar-refractivity contribution in [2.45, 2.75) is 25.4 Å². The first-order valence-corrected chi connectivity index (χ1v) is 5.88. The van der Waals surface area contributed by atoms with Crippen molar-refractivity contribution < 1.29 is 14.6 Å². The summed E-state index contributed by atoms with van der Waals surface area (Å²) in [4.78, 5) is 11.0. The van der Waals surface area contributed by atoms with Gasteiger partial charge in [0.2, 0.25) is 0 Å². The average Bonchev–Trinajstić information content (AvgIpc) is 2.70. The summed E-state index contributed by atoms with van der Waals surface area (Å²) in [7, 11) is 0. The lowest BCUT2D eigenvalue weighted by atomic mass is 9.96. The lowest BCUT2D eigenvalue weighted by Crippen LogP contribution is -2.25. The molecule has 0 bridgehead atoms. The molecule has 2 atom stereocenters. The molecule has 0 saturated carbocycles. The van der Waals surface area contributed by atoms with E-state index in [0.717, 1.165) is 17.7 Å². The summed E-state index contributed by atoms with van der Waals surface area (Å²) < 4.78 is 5.73.